The summed E-state index contributed by atoms with van der Waals surface area (Å²) in [5.74, 6) is -1.15. The molecule has 196 valence electrons. The quantitative estimate of drug-likeness (QED) is 0.322. The summed E-state index contributed by atoms with van der Waals surface area (Å²) >= 11 is 0. The van der Waals surface area contributed by atoms with Gasteiger partial charge in [-0.2, -0.15) is 0 Å². The van der Waals surface area contributed by atoms with Gasteiger partial charge in [0, 0.05) is 36.7 Å². The molecule has 2 heterocycles. The molecule has 0 bridgehead atoms. The van der Waals surface area contributed by atoms with Gasteiger partial charge in [-0.05, 0) is 60.2 Å². The van der Waals surface area contributed by atoms with Crippen molar-refractivity contribution in [3.05, 3.63) is 95.7 Å². The fourth-order valence-electron chi connectivity index (χ4n) is 5.25. The van der Waals surface area contributed by atoms with Crippen molar-refractivity contribution >= 4 is 22.8 Å². The average Bonchev–Trinajstić information content (AvgIpc) is 3.30. The lowest BCUT2D eigenvalue weighted by molar-refractivity contribution is -0.155. The van der Waals surface area contributed by atoms with Crippen molar-refractivity contribution in [3.63, 3.8) is 0 Å². The van der Waals surface area contributed by atoms with Crippen LogP contribution in [0.2, 0.25) is 0 Å². The number of hydrogen-bond acceptors (Lipinski definition) is 5. The van der Waals surface area contributed by atoms with Crippen molar-refractivity contribution in [1.82, 2.24) is 9.47 Å². The lowest BCUT2D eigenvalue weighted by atomic mass is 9.89. The highest BCUT2D eigenvalue weighted by Gasteiger charge is 2.33. The normalized spacial score (nSPS) is 15.3. The van der Waals surface area contributed by atoms with Crippen LogP contribution >= 0.6 is 0 Å². The molecule has 0 saturated carbocycles. The van der Waals surface area contributed by atoms with Crippen LogP contribution in [0, 0.1) is 0 Å². The number of piperidine rings is 1. The fourth-order valence-corrected chi connectivity index (χ4v) is 5.25. The van der Waals surface area contributed by atoms with E-state index in [9.17, 15) is 19.8 Å². The van der Waals surface area contributed by atoms with Crippen LogP contribution in [0.3, 0.4) is 0 Å². The van der Waals surface area contributed by atoms with E-state index in [-0.39, 0.29) is 17.2 Å². The minimum Gasteiger partial charge on any atom is -0.497 e. The standard InChI is InChI=1S/C30H30N2O6/c1-37-22-12-10-20(11-13-22)18-32-19-25(23-6-2-4-8-26(23)32)21-14-16-31(17-15-21)28(30(35)36)38-27-9-5-3-7-24(27)29(33)34/h2-13,19,21,28H,14-18H2,1H3,(H,33,34)(H,35,36). The summed E-state index contributed by atoms with van der Waals surface area (Å²) in [6.07, 6.45) is 2.51. The summed E-state index contributed by atoms with van der Waals surface area (Å²) < 4.78 is 13.3. The van der Waals surface area contributed by atoms with E-state index in [4.69, 9.17) is 9.47 Å². The predicted octanol–water partition coefficient (Wildman–Crippen LogP) is 5.07. The number of aliphatic carboxylic acids is 1. The molecule has 1 aromatic heterocycles. The number of fused-ring (bicyclic) bond motifs is 1. The zero-order valence-corrected chi connectivity index (χ0v) is 21.1. The number of methoxy groups -OCH3 is 1. The van der Waals surface area contributed by atoms with E-state index in [1.807, 2.05) is 24.3 Å². The number of carboxylic acids is 2. The maximum atomic E-state index is 12.1. The number of benzene rings is 3. The molecule has 3 aromatic carbocycles. The minimum atomic E-state index is -1.26. The van der Waals surface area contributed by atoms with Gasteiger partial charge in [-0.25, -0.2) is 9.59 Å². The van der Waals surface area contributed by atoms with Crippen LogP contribution in [0.25, 0.3) is 10.9 Å². The Hall–Kier alpha value is -4.30. The Bertz CT molecular complexity index is 1440. The molecular formula is C30H30N2O6. The molecule has 1 aliphatic rings. The van der Waals surface area contributed by atoms with Gasteiger partial charge in [0.05, 0.1) is 7.11 Å². The largest absolute Gasteiger partial charge is 0.497 e. The molecule has 1 saturated heterocycles. The Balaban J connectivity index is 1.33. The van der Waals surface area contributed by atoms with E-state index in [2.05, 4.69) is 35.0 Å². The van der Waals surface area contributed by atoms with E-state index in [0.717, 1.165) is 30.7 Å². The van der Waals surface area contributed by atoms with Crippen molar-refractivity contribution in [2.24, 2.45) is 0 Å². The number of carboxylic acid groups (broad SMARTS) is 2. The lowest BCUT2D eigenvalue weighted by Crippen LogP contribution is -2.48. The van der Waals surface area contributed by atoms with Crippen molar-refractivity contribution in [3.8, 4) is 11.5 Å². The summed E-state index contributed by atoms with van der Waals surface area (Å²) in [5.41, 5.74) is 3.55. The molecule has 8 nitrogen and oxygen atoms in total. The van der Waals surface area contributed by atoms with Gasteiger partial charge in [-0.15, -0.1) is 0 Å². The summed E-state index contributed by atoms with van der Waals surface area (Å²) in [6, 6.07) is 22.6. The molecule has 0 aliphatic carbocycles. The summed E-state index contributed by atoms with van der Waals surface area (Å²) in [7, 11) is 1.66. The van der Waals surface area contributed by atoms with E-state index < -0.39 is 18.2 Å². The van der Waals surface area contributed by atoms with E-state index in [1.54, 1.807) is 24.1 Å². The van der Waals surface area contributed by atoms with Crippen molar-refractivity contribution < 1.29 is 29.3 Å². The summed E-state index contributed by atoms with van der Waals surface area (Å²) in [5, 5.41) is 20.5. The SMILES string of the molecule is COc1ccc(Cn2cc(C3CCN(C(Oc4ccccc4C(=O)O)C(=O)O)CC3)c3ccccc32)cc1. The second kappa shape index (κ2) is 11.0. The second-order valence-electron chi connectivity index (χ2n) is 9.50. The van der Waals surface area contributed by atoms with Crippen LogP contribution in [0.1, 0.15) is 40.2 Å². The van der Waals surface area contributed by atoms with E-state index in [0.29, 0.717) is 13.1 Å². The van der Waals surface area contributed by atoms with E-state index >= 15 is 0 Å². The van der Waals surface area contributed by atoms with Crippen molar-refractivity contribution in [2.75, 3.05) is 20.2 Å². The fraction of sp³-hybridized carbons (Fsp3) is 0.267. The molecule has 38 heavy (non-hydrogen) atoms. The van der Waals surface area contributed by atoms with Crippen molar-refractivity contribution in [1.29, 1.82) is 0 Å². The third kappa shape index (κ3) is 5.21. The molecular weight excluding hydrogens is 484 g/mol. The molecule has 2 N–H and O–H groups in total. The first kappa shape index (κ1) is 25.4. The molecule has 0 amide bonds. The van der Waals surface area contributed by atoms with Gasteiger partial charge in [0.1, 0.15) is 17.1 Å². The van der Waals surface area contributed by atoms with Gasteiger partial charge in [-0.1, -0.05) is 42.5 Å². The smallest absolute Gasteiger partial charge is 0.360 e. The number of rotatable bonds is 9. The highest BCUT2D eigenvalue weighted by Crippen LogP contribution is 2.35. The zero-order valence-electron chi connectivity index (χ0n) is 21.1. The average molecular weight is 515 g/mol. The van der Waals surface area contributed by atoms with Gasteiger partial charge in [0.2, 0.25) is 0 Å². The van der Waals surface area contributed by atoms with Crippen LogP contribution in [0.5, 0.6) is 11.5 Å². The third-order valence-corrected chi connectivity index (χ3v) is 7.20. The van der Waals surface area contributed by atoms with Crippen LogP contribution in [-0.4, -0.2) is 58.0 Å². The lowest BCUT2D eigenvalue weighted by Gasteiger charge is -2.35. The molecule has 5 rings (SSSR count). The topological polar surface area (TPSA) is 101 Å². The van der Waals surface area contributed by atoms with Gasteiger partial charge < -0.3 is 24.3 Å². The molecule has 1 fully saturated rings. The Kier molecular flexibility index (Phi) is 7.33. The molecule has 0 radical (unpaired) electrons. The number of ether oxygens (including phenoxy) is 2. The highest BCUT2D eigenvalue weighted by atomic mass is 16.5. The number of para-hydroxylation sites is 2. The maximum absolute atomic E-state index is 12.1. The van der Waals surface area contributed by atoms with Crippen LogP contribution in [0.15, 0.2) is 79.0 Å². The monoisotopic (exact) mass is 514 g/mol. The van der Waals surface area contributed by atoms with Crippen molar-refractivity contribution in [2.45, 2.75) is 31.5 Å². The van der Waals surface area contributed by atoms with Crippen LogP contribution in [-0.2, 0) is 11.3 Å². The van der Waals surface area contributed by atoms with E-state index in [1.165, 1.54) is 28.6 Å². The molecule has 1 atom stereocenters. The minimum absolute atomic E-state index is 0.0520. The third-order valence-electron chi connectivity index (χ3n) is 7.20. The second-order valence-corrected chi connectivity index (χ2v) is 9.50. The van der Waals surface area contributed by atoms with Gasteiger partial charge in [-0.3, -0.25) is 4.90 Å². The molecule has 4 aromatic rings. The number of hydrogen-bond donors (Lipinski definition) is 2. The first-order chi connectivity index (χ1) is 18.4. The Labute approximate surface area is 220 Å². The Morgan fingerprint density at radius 1 is 0.947 bits per heavy atom. The molecule has 8 heteroatoms. The summed E-state index contributed by atoms with van der Waals surface area (Å²) in [6.45, 7) is 1.78. The highest BCUT2D eigenvalue weighted by molar-refractivity contribution is 5.91. The predicted molar refractivity (Wildman–Crippen MR) is 143 cm³/mol. The Morgan fingerprint density at radius 2 is 1.63 bits per heavy atom. The molecule has 0 spiro atoms. The zero-order chi connectivity index (χ0) is 26.6. The van der Waals surface area contributed by atoms with Crippen LogP contribution in [0.4, 0.5) is 0 Å². The number of nitrogens with zero attached hydrogens (tertiary/aromatic N) is 2. The number of aromatic nitrogens is 1. The molecule has 1 unspecified atom stereocenters. The Morgan fingerprint density at radius 3 is 2.32 bits per heavy atom. The first-order valence-corrected chi connectivity index (χ1v) is 12.6. The number of aromatic carboxylic acids is 1. The van der Waals surface area contributed by atoms with Gasteiger partial charge in [0.15, 0.2) is 0 Å². The van der Waals surface area contributed by atoms with Gasteiger partial charge in [0.25, 0.3) is 6.23 Å². The van der Waals surface area contributed by atoms with Crippen LogP contribution < -0.4 is 9.47 Å². The first-order valence-electron chi connectivity index (χ1n) is 12.6. The number of carbonyl (C=O) groups is 2. The number of likely N-dealkylation sites (tertiary alicyclic amines) is 1. The molecule has 1 aliphatic heterocycles. The van der Waals surface area contributed by atoms with Gasteiger partial charge >= 0.3 is 11.9 Å². The maximum Gasteiger partial charge on any atom is 0.360 e. The summed E-state index contributed by atoms with van der Waals surface area (Å²) in [4.78, 5) is 25.4.